The second-order valence-electron chi connectivity index (χ2n) is 12.5. The summed E-state index contributed by atoms with van der Waals surface area (Å²) in [5.41, 5.74) is 3.69. The van der Waals surface area contributed by atoms with Gasteiger partial charge in [-0.3, -0.25) is 9.67 Å². The van der Waals surface area contributed by atoms with Crippen LogP contribution in [0.2, 0.25) is 25.7 Å². The Morgan fingerprint density at radius 3 is 2.76 bits per heavy atom. The Morgan fingerprint density at radius 2 is 1.95 bits per heavy atom. The molecule has 0 N–H and O–H groups in total. The van der Waals surface area contributed by atoms with Crippen molar-refractivity contribution in [3.8, 4) is 11.1 Å². The highest BCUT2D eigenvalue weighted by Crippen LogP contribution is 2.29. The maximum atomic E-state index is 6.04. The fourth-order valence-corrected chi connectivity index (χ4v) is 7.07. The van der Waals surface area contributed by atoms with Gasteiger partial charge in [0.15, 0.2) is 5.82 Å². The van der Waals surface area contributed by atoms with Crippen molar-refractivity contribution in [2.45, 2.75) is 77.2 Å². The lowest BCUT2D eigenvalue weighted by atomic mass is 10.1. The predicted molar refractivity (Wildman–Crippen MR) is 168 cm³/mol. The normalized spacial score (nSPS) is 18.5. The van der Waals surface area contributed by atoms with Crippen LogP contribution in [0.3, 0.4) is 0 Å². The van der Waals surface area contributed by atoms with Gasteiger partial charge in [-0.2, -0.15) is 15.2 Å². The van der Waals surface area contributed by atoms with Crippen molar-refractivity contribution < 1.29 is 9.47 Å². The summed E-state index contributed by atoms with van der Waals surface area (Å²) in [6.07, 6.45) is 11.8. The number of rotatable bonds is 12. The van der Waals surface area contributed by atoms with Crippen LogP contribution in [0.1, 0.15) is 43.2 Å². The molecule has 0 aromatic carbocycles. The minimum absolute atomic E-state index is 0.0321. The van der Waals surface area contributed by atoms with Crippen molar-refractivity contribution in [1.29, 1.82) is 0 Å². The average molecular weight is 607 g/mol. The van der Waals surface area contributed by atoms with Gasteiger partial charge < -0.3 is 14.4 Å². The summed E-state index contributed by atoms with van der Waals surface area (Å²) in [5.74, 6) is 0.623. The third-order valence-electron chi connectivity index (χ3n) is 7.81. The number of hydrogen-bond acceptors (Lipinski definition) is 9. The summed E-state index contributed by atoms with van der Waals surface area (Å²) in [7, 11) is -1.17. The molecule has 2 fully saturated rings. The minimum atomic E-state index is -1.17. The lowest BCUT2D eigenvalue weighted by Crippen LogP contribution is -2.24. The quantitative estimate of drug-likeness (QED) is 0.152. The molecule has 0 bridgehead atoms. The Labute approximate surface area is 252 Å². The first-order chi connectivity index (χ1) is 20.4. The smallest absolute Gasteiger partial charge is 0.212 e. The number of pyridine rings is 2. The van der Waals surface area contributed by atoms with Gasteiger partial charge in [-0.1, -0.05) is 31.0 Å². The van der Waals surface area contributed by atoms with Crippen LogP contribution in [0, 0.1) is 0 Å². The number of ether oxygens (including phenoxy) is 2. The van der Waals surface area contributed by atoms with Crippen molar-refractivity contribution in [3.05, 3.63) is 46.6 Å². The maximum absolute atomic E-state index is 6.04. The van der Waals surface area contributed by atoms with E-state index in [2.05, 4.69) is 46.9 Å². The van der Waals surface area contributed by atoms with Crippen LogP contribution in [0.15, 0.2) is 41.8 Å². The molecule has 12 heteroatoms. The molecular formula is C30H42N8O2SSi. The molecule has 1 unspecified atom stereocenters. The molecule has 0 saturated carbocycles. The lowest BCUT2D eigenvalue weighted by molar-refractivity contribution is 0.0725. The molecule has 224 valence electrons. The standard InChI is InChI=1S/C30H42N8O2SSi/c1-42(2,3)17-16-39-22-38-30(41-29(35-38)27-8-6-15-40-27)34-28-10-9-25-26(33-28)18-23(19-31-25)24-20-32-37(21-24)14-7-13-36-11-4-5-12-36/h9-10,18-21,27H,4-8,11-17,22H2,1-3H3/b34-30-. The van der Waals surface area contributed by atoms with Crippen LogP contribution in [0.4, 0.5) is 5.82 Å². The van der Waals surface area contributed by atoms with Gasteiger partial charge in [-0.15, -0.1) is 0 Å². The summed E-state index contributed by atoms with van der Waals surface area (Å²) in [4.78, 5) is 17.8. The van der Waals surface area contributed by atoms with E-state index in [-0.39, 0.29) is 6.10 Å². The van der Waals surface area contributed by atoms with E-state index in [1.165, 1.54) is 25.9 Å². The molecule has 0 spiro atoms. The first-order valence-electron chi connectivity index (χ1n) is 15.2. The predicted octanol–water partition coefficient (Wildman–Crippen LogP) is 5.63. The second-order valence-corrected chi connectivity index (χ2v) is 19.1. The highest BCUT2D eigenvalue weighted by atomic mass is 32.1. The molecule has 10 nitrogen and oxygen atoms in total. The number of fused-ring (bicyclic) bond motifs is 1. The molecule has 0 amide bonds. The SMILES string of the molecule is C[Si](C)(C)CCOCn1nc(C2CCCO2)s/c1=N\c1ccc2ncc(-c3cnn(CCCN4CCCC4)c3)cc2n1. The largest absolute Gasteiger partial charge is 0.371 e. The lowest BCUT2D eigenvalue weighted by Gasteiger charge is -2.15. The average Bonchev–Trinajstić information content (AvgIpc) is 3.79. The van der Waals surface area contributed by atoms with Gasteiger partial charge in [-0.25, -0.2) is 9.67 Å². The van der Waals surface area contributed by atoms with E-state index >= 15 is 0 Å². The molecule has 6 heterocycles. The van der Waals surface area contributed by atoms with Gasteiger partial charge in [-0.05, 0) is 76.0 Å². The Kier molecular flexibility index (Phi) is 9.25. The summed E-state index contributed by atoms with van der Waals surface area (Å²) >= 11 is 1.56. The van der Waals surface area contributed by atoms with Crippen molar-refractivity contribution in [2.75, 3.05) is 32.8 Å². The Bertz CT molecular complexity index is 1550. The molecule has 6 rings (SSSR count). The third kappa shape index (κ3) is 7.59. The van der Waals surface area contributed by atoms with Crippen LogP contribution in [-0.2, 0) is 22.7 Å². The molecule has 4 aromatic heterocycles. The third-order valence-corrected chi connectivity index (χ3v) is 10.6. The van der Waals surface area contributed by atoms with Crippen LogP contribution in [0.25, 0.3) is 22.2 Å². The van der Waals surface area contributed by atoms with Gasteiger partial charge >= 0.3 is 0 Å². The van der Waals surface area contributed by atoms with Gasteiger partial charge in [0.25, 0.3) is 0 Å². The van der Waals surface area contributed by atoms with Crippen LogP contribution >= 0.6 is 11.3 Å². The summed E-state index contributed by atoms with van der Waals surface area (Å²) in [6.45, 7) is 13.5. The first-order valence-corrected chi connectivity index (χ1v) is 19.8. The van der Waals surface area contributed by atoms with Crippen LogP contribution in [0.5, 0.6) is 0 Å². The molecule has 1 atom stereocenters. The monoisotopic (exact) mass is 606 g/mol. The van der Waals surface area contributed by atoms with Crippen molar-refractivity contribution in [1.82, 2.24) is 34.4 Å². The number of aryl methyl sites for hydroxylation is 1. The summed E-state index contributed by atoms with van der Waals surface area (Å²) in [6, 6.07) is 7.08. The van der Waals surface area contributed by atoms with Crippen LogP contribution < -0.4 is 4.80 Å². The summed E-state index contributed by atoms with van der Waals surface area (Å²) < 4.78 is 15.8. The minimum Gasteiger partial charge on any atom is -0.371 e. The van der Waals surface area contributed by atoms with Crippen LogP contribution in [-0.4, -0.2) is 75.4 Å². The Morgan fingerprint density at radius 1 is 1.07 bits per heavy atom. The summed E-state index contributed by atoms with van der Waals surface area (Å²) in [5, 5.41) is 10.4. The number of hydrogen-bond donors (Lipinski definition) is 0. The van der Waals surface area contributed by atoms with Gasteiger partial charge in [0.1, 0.15) is 17.8 Å². The highest BCUT2D eigenvalue weighted by molar-refractivity contribution is 7.08. The van der Waals surface area contributed by atoms with E-state index in [9.17, 15) is 0 Å². The van der Waals surface area contributed by atoms with Gasteiger partial charge in [0, 0.05) is 51.4 Å². The second kappa shape index (κ2) is 13.3. The van der Waals surface area contributed by atoms with E-state index in [1.807, 2.05) is 33.9 Å². The molecule has 4 aromatic rings. The molecule has 42 heavy (non-hydrogen) atoms. The van der Waals surface area contributed by atoms with Crippen molar-refractivity contribution >= 4 is 36.3 Å². The topological polar surface area (TPSA) is 95.5 Å². The molecule has 2 saturated heterocycles. The number of aromatic nitrogens is 6. The Hall–Kier alpha value is -2.77. The van der Waals surface area contributed by atoms with E-state index in [0.29, 0.717) is 12.5 Å². The first kappa shape index (κ1) is 29.3. The fourth-order valence-electron chi connectivity index (χ4n) is 5.34. The molecular weight excluding hydrogens is 565 g/mol. The molecule has 2 aliphatic heterocycles. The van der Waals surface area contributed by atoms with E-state index in [1.54, 1.807) is 11.3 Å². The van der Waals surface area contributed by atoms with Crippen molar-refractivity contribution in [3.63, 3.8) is 0 Å². The number of nitrogens with zero attached hydrogens (tertiary/aromatic N) is 8. The van der Waals surface area contributed by atoms with Gasteiger partial charge in [0.05, 0.1) is 17.2 Å². The number of likely N-dealkylation sites (tertiary alicyclic amines) is 1. The molecule has 0 radical (unpaired) electrons. The Balaban J connectivity index is 1.20. The van der Waals surface area contributed by atoms with E-state index < -0.39 is 8.07 Å². The van der Waals surface area contributed by atoms with Crippen molar-refractivity contribution in [2.24, 2.45) is 4.99 Å². The van der Waals surface area contributed by atoms with E-state index in [4.69, 9.17) is 24.5 Å². The molecule has 2 aliphatic rings. The van der Waals surface area contributed by atoms with Gasteiger partial charge in [0.2, 0.25) is 4.80 Å². The zero-order chi connectivity index (χ0) is 28.9. The fraction of sp³-hybridized carbons (Fsp3) is 0.567. The van der Waals surface area contributed by atoms with E-state index in [0.717, 1.165) is 83.6 Å². The highest BCUT2D eigenvalue weighted by Gasteiger charge is 2.22. The molecule has 0 aliphatic carbocycles. The zero-order valence-electron chi connectivity index (χ0n) is 25.0. The maximum Gasteiger partial charge on any atom is 0.212 e. The zero-order valence-corrected chi connectivity index (χ0v) is 26.9.